The van der Waals surface area contributed by atoms with Crippen molar-refractivity contribution in [2.45, 2.75) is 45.6 Å². The predicted octanol–water partition coefficient (Wildman–Crippen LogP) is 3.51. The highest BCUT2D eigenvalue weighted by Gasteiger charge is 2.32. The zero-order chi connectivity index (χ0) is 21.0. The number of rotatable bonds is 2. The average Bonchev–Trinajstić information content (AvgIpc) is 2.93. The maximum atomic E-state index is 13.2. The summed E-state index contributed by atoms with van der Waals surface area (Å²) >= 11 is 0. The molecule has 0 aliphatic carbocycles. The van der Waals surface area contributed by atoms with Crippen molar-refractivity contribution in [1.29, 1.82) is 0 Å². The van der Waals surface area contributed by atoms with E-state index in [9.17, 15) is 14.0 Å². The third-order valence-corrected chi connectivity index (χ3v) is 5.50. The minimum Gasteiger partial charge on any atom is -0.444 e. The van der Waals surface area contributed by atoms with Crippen molar-refractivity contribution in [1.82, 2.24) is 9.80 Å². The van der Waals surface area contributed by atoms with Crippen LogP contribution in [-0.2, 0) is 9.53 Å². The van der Waals surface area contributed by atoms with Gasteiger partial charge in [0.25, 0.3) is 0 Å². The number of ether oxygens (including phenoxy) is 1. The van der Waals surface area contributed by atoms with E-state index in [1.54, 1.807) is 17.0 Å². The molecular weight excluding hydrogens is 373 g/mol. The Morgan fingerprint density at radius 3 is 2.21 bits per heavy atom. The van der Waals surface area contributed by atoms with Crippen LogP contribution < -0.4 is 4.90 Å². The molecule has 2 fully saturated rings. The molecule has 2 amide bonds. The Balaban J connectivity index is 1.50. The second-order valence-electron chi connectivity index (χ2n) is 8.88. The Bertz CT molecular complexity index is 709. The Hall–Kier alpha value is -2.31. The highest BCUT2D eigenvalue weighted by Crippen LogP contribution is 2.23. The summed E-state index contributed by atoms with van der Waals surface area (Å²) in [5.74, 6) is -0.0843. The lowest BCUT2D eigenvalue weighted by Gasteiger charge is -2.34. The molecule has 0 N–H and O–H groups in total. The summed E-state index contributed by atoms with van der Waals surface area (Å²) in [6.45, 7) is 9.69. The molecule has 1 aromatic carbocycles. The topological polar surface area (TPSA) is 53.1 Å². The van der Waals surface area contributed by atoms with Crippen LogP contribution >= 0.6 is 0 Å². The maximum absolute atomic E-state index is 13.2. The first-order chi connectivity index (χ1) is 13.7. The number of piperidine rings is 1. The molecular formula is C22H32FN3O3. The van der Waals surface area contributed by atoms with E-state index in [2.05, 4.69) is 4.90 Å². The summed E-state index contributed by atoms with van der Waals surface area (Å²) in [6.07, 6.45) is 1.94. The lowest BCUT2D eigenvalue weighted by molar-refractivity contribution is -0.136. The first-order valence-electron chi connectivity index (χ1n) is 10.5. The van der Waals surface area contributed by atoms with Crippen molar-refractivity contribution < 1.29 is 18.7 Å². The summed E-state index contributed by atoms with van der Waals surface area (Å²) in [5, 5.41) is 0. The molecule has 2 aliphatic heterocycles. The van der Waals surface area contributed by atoms with E-state index in [-0.39, 0.29) is 23.7 Å². The summed E-state index contributed by atoms with van der Waals surface area (Å²) < 4.78 is 18.6. The number of hydrogen-bond donors (Lipinski definition) is 0. The van der Waals surface area contributed by atoms with Crippen LogP contribution in [0.3, 0.4) is 0 Å². The van der Waals surface area contributed by atoms with Crippen LogP contribution in [0, 0.1) is 11.7 Å². The molecule has 0 aromatic heterocycles. The van der Waals surface area contributed by atoms with Gasteiger partial charge in [-0.1, -0.05) is 0 Å². The van der Waals surface area contributed by atoms with Gasteiger partial charge in [0.15, 0.2) is 0 Å². The molecule has 2 heterocycles. The zero-order valence-electron chi connectivity index (χ0n) is 17.7. The van der Waals surface area contributed by atoms with E-state index in [1.807, 2.05) is 25.7 Å². The smallest absolute Gasteiger partial charge is 0.410 e. The maximum Gasteiger partial charge on any atom is 0.410 e. The van der Waals surface area contributed by atoms with Crippen LogP contribution in [0.25, 0.3) is 0 Å². The number of benzene rings is 1. The van der Waals surface area contributed by atoms with Gasteiger partial charge in [-0.05, 0) is 64.3 Å². The molecule has 160 valence electrons. The fraction of sp³-hybridized carbons (Fsp3) is 0.636. The third kappa shape index (κ3) is 5.84. The highest BCUT2D eigenvalue weighted by molar-refractivity contribution is 5.79. The molecule has 6 nitrogen and oxygen atoms in total. The monoisotopic (exact) mass is 405 g/mol. The Labute approximate surface area is 172 Å². The van der Waals surface area contributed by atoms with Gasteiger partial charge in [0, 0.05) is 50.9 Å². The molecule has 0 bridgehead atoms. The van der Waals surface area contributed by atoms with Crippen molar-refractivity contribution in [2.75, 3.05) is 44.2 Å². The van der Waals surface area contributed by atoms with Gasteiger partial charge in [0.05, 0.1) is 0 Å². The Morgan fingerprint density at radius 1 is 0.931 bits per heavy atom. The van der Waals surface area contributed by atoms with Crippen LogP contribution in [0.5, 0.6) is 0 Å². The molecule has 0 atom stereocenters. The van der Waals surface area contributed by atoms with Gasteiger partial charge < -0.3 is 19.4 Å². The van der Waals surface area contributed by atoms with E-state index in [0.717, 1.165) is 31.7 Å². The number of anilines is 1. The van der Waals surface area contributed by atoms with Crippen LogP contribution in [-0.4, -0.2) is 66.7 Å². The van der Waals surface area contributed by atoms with E-state index in [4.69, 9.17) is 4.74 Å². The van der Waals surface area contributed by atoms with Crippen LogP contribution in [0.1, 0.15) is 40.0 Å². The van der Waals surface area contributed by atoms with Gasteiger partial charge in [-0.15, -0.1) is 0 Å². The van der Waals surface area contributed by atoms with E-state index < -0.39 is 5.60 Å². The normalized spacial score (nSPS) is 19.1. The third-order valence-electron chi connectivity index (χ3n) is 5.50. The largest absolute Gasteiger partial charge is 0.444 e. The molecule has 29 heavy (non-hydrogen) atoms. The van der Waals surface area contributed by atoms with Gasteiger partial charge in [0.2, 0.25) is 5.91 Å². The van der Waals surface area contributed by atoms with Gasteiger partial charge in [-0.25, -0.2) is 9.18 Å². The Morgan fingerprint density at radius 2 is 1.59 bits per heavy atom. The van der Waals surface area contributed by atoms with Crippen LogP contribution in [0.15, 0.2) is 24.3 Å². The molecule has 2 aliphatic rings. The molecule has 0 spiro atoms. The van der Waals surface area contributed by atoms with Crippen LogP contribution in [0.4, 0.5) is 14.9 Å². The van der Waals surface area contributed by atoms with Gasteiger partial charge in [-0.3, -0.25) is 4.79 Å². The second kappa shape index (κ2) is 9.01. The quantitative estimate of drug-likeness (QED) is 0.756. The van der Waals surface area contributed by atoms with E-state index in [1.165, 1.54) is 12.1 Å². The molecule has 0 unspecified atom stereocenters. The number of likely N-dealkylation sites (tertiary alicyclic amines) is 1. The van der Waals surface area contributed by atoms with E-state index in [0.29, 0.717) is 32.5 Å². The fourth-order valence-corrected chi connectivity index (χ4v) is 3.94. The highest BCUT2D eigenvalue weighted by atomic mass is 19.1. The Kier molecular flexibility index (Phi) is 6.65. The average molecular weight is 406 g/mol. The number of halogens is 1. The summed E-state index contributed by atoms with van der Waals surface area (Å²) in [4.78, 5) is 31.1. The number of amides is 2. The summed E-state index contributed by atoms with van der Waals surface area (Å²) in [7, 11) is 0. The molecule has 7 heteroatoms. The lowest BCUT2D eigenvalue weighted by atomic mass is 9.95. The molecule has 2 saturated heterocycles. The van der Waals surface area contributed by atoms with E-state index >= 15 is 0 Å². The minimum atomic E-state index is -0.508. The molecule has 0 saturated carbocycles. The second-order valence-corrected chi connectivity index (χ2v) is 8.88. The fourth-order valence-electron chi connectivity index (χ4n) is 3.94. The van der Waals surface area contributed by atoms with Crippen LogP contribution in [0.2, 0.25) is 0 Å². The number of nitrogens with zero attached hydrogens (tertiary/aromatic N) is 3. The first kappa shape index (κ1) is 21.4. The number of hydrogen-bond acceptors (Lipinski definition) is 4. The molecule has 1 aromatic rings. The van der Waals surface area contributed by atoms with Crippen molar-refractivity contribution in [3.8, 4) is 0 Å². The van der Waals surface area contributed by atoms with Crippen molar-refractivity contribution in [3.05, 3.63) is 30.1 Å². The predicted molar refractivity (Wildman–Crippen MR) is 110 cm³/mol. The summed E-state index contributed by atoms with van der Waals surface area (Å²) in [5.41, 5.74) is 0.484. The van der Waals surface area contributed by atoms with Crippen molar-refractivity contribution in [2.24, 2.45) is 5.92 Å². The molecule has 3 rings (SSSR count). The number of carbonyl (C=O) groups excluding carboxylic acids is 2. The molecule has 0 radical (unpaired) electrons. The summed E-state index contributed by atoms with van der Waals surface area (Å²) in [6, 6.07) is 6.53. The minimum absolute atomic E-state index is 0.0361. The number of carbonyl (C=O) groups is 2. The van der Waals surface area contributed by atoms with Crippen molar-refractivity contribution in [3.63, 3.8) is 0 Å². The lowest BCUT2D eigenvalue weighted by Crippen LogP contribution is -2.46. The van der Waals surface area contributed by atoms with Gasteiger partial charge in [-0.2, -0.15) is 0 Å². The SMILES string of the molecule is CC(C)(C)OC(=O)N1CCC(C(=O)N2CCCN(c3ccc(F)cc3)CC2)CC1. The van der Waals surface area contributed by atoms with Gasteiger partial charge in [0.1, 0.15) is 11.4 Å². The van der Waals surface area contributed by atoms with Crippen molar-refractivity contribution >= 4 is 17.7 Å². The standard InChI is InChI=1S/C22H32FN3O3/c1-22(2,3)29-21(28)26-13-9-17(10-14-26)20(27)25-12-4-11-24(15-16-25)19-7-5-18(23)6-8-19/h5-8,17H,4,9-16H2,1-3H3. The van der Waals surface area contributed by atoms with Gasteiger partial charge >= 0.3 is 6.09 Å². The zero-order valence-corrected chi connectivity index (χ0v) is 17.7. The first-order valence-corrected chi connectivity index (χ1v) is 10.5.